The Morgan fingerprint density at radius 3 is 1.78 bits per heavy atom. The van der Waals surface area contributed by atoms with Crippen LogP contribution in [-0.4, -0.2) is 18.3 Å². The molecule has 304 valence electrons. The summed E-state index contributed by atoms with van der Waals surface area (Å²) in [5, 5.41) is 8.28. The highest BCUT2D eigenvalue weighted by Crippen LogP contribution is 2.43. The molecule has 4 heterocycles. The molecule has 0 bridgehead atoms. The van der Waals surface area contributed by atoms with E-state index in [4.69, 9.17) is 6.42 Å². The van der Waals surface area contributed by atoms with Gasteiger partial charge in [-0.05, 0) is 122 Å². The second-order valence-corrected chi connectivity index (χ2v) is 16.9. The summed E-state index contributed by atoms with van der Waals surface area (Å²) in [6.07, 6.45) is 16.9. The van der Waals surface area contributed by atoms with Crippen molar-refractivity contribution in [3.05, 3.63) is 217 Å². The molecule has 8 aromatic carbocycles. The van der Waals surface area contributed by atoms with Crippen LogP contribution in [0.5, 0.6) is 0 Å². The van der Waals surface area contributed by atoms with Crippen molar-refractivity contribution in [1.82, 2.24) is 18.3 Å². The lowest BCUT2D eigenvalue weighted by Crippen LogP contribution is -2.06. The third kappa shape index (κ3) is 5.35. The molecule has 0 aliphatic heterocycles. The van der Waals surface area contributed by atoms with Gasteiger partial charge in [-0.1, -0.05) is 115 Å². The van der Waals surface area contributed by atoms with Gasteiger partial charge < -0.3 is 18.3 Å². The monoisotopic (exact) mass is 828 g/mol. The van der Waals surface area contributed by atoms with Gasteiger partial charge in [0, 0.05) is 60.3 Å². The molecule has 65 heavy (non-hydrogen) atoms. The molecule has 4 nitrogen and oxygen atoms in total. The lowest BCUT2D eigenvalue weighted by atomic mass is 9.93. The van der Waals surface area contributed by atoms with Crippen LogP contribution in [0.2, 0.25) is 0 Å². The highest BCUT2D eigenvalue weighted by molar-refractivity contribution is 6.14. The van der Waals surface area contributed by atoms with Crippen molar-refractivity contribution in [2.45, 2.75) is 19.8 Å². The molecule has 1 aliphatic carbocycles. The van der Waals surface area contributed by atoms with Gasteiger partial charge in [0.15, 0.2) is 0 Å². The standard InChI is InChI=1S/C61H40N4/c1-3-19-52-42(4-2)43-20-5-12-27-53(43)62(52)40-34-36-60-50(38-40)48-25-10-13-28-54(48)63(60)41-35-37-61-51(39-41)49-26-11-18-33-59(49)65(61)58-32-17-9-24-47(58)46-23-8-16-31-57(46)64-55-29-14-6-21-44(55)45-22-7-15-30-56(45)64/h2-3,5-7,9-17,19-22,24-32,34-39H,8,23H2,1H3/b19-3-. The lowest BCUT2D eigenvalue weighted by Gasteiger charge is -2.22. The number of aromatic nitrogens is 4. The molecule has 0 unspecified atom stereocenters. The first-order chi connectivity index (χ1) is 32.2. The summed E-state index contributed by atoms with van der Waals surface area (Å²) in [6.45, 7) is 2.04. The number of benzene rings is 7. The van der Waals surface area contributed by atoms with Crippen LogP contribution in [0, 0.1) is 24.5 Å². The van der Waals surface area contributed by atoms with Crippen molar-refractivity contribution in [3.8, 4) is 29.4 Å². The maximum absolute atomic E-state index is 6.17. The van der Waals surface area contributed by atoms with Gasteiger partial charge in [-0.25, -0.2) is 0 Å². The third-order valence-corrected chi connectivity index (χ3v) is 13.5. The van der Waals surface area contributed by atoms with Gasteiger partial charge in [0.05, 0.1) is 50.0 Å². The second kappa shape index (κ2) is 14.4. The molecule has 4 heteroatoms. The van der Waals surface area contributed by atoms with E-state index in [1.807, 2.05) is 13.0 Å². The van der Waals surface area contributed by atoms with Crippen molar-refractivity contribution in [2.24, 2.45) is 0 Å². The molecule has 0 atom stereocenters. The SMILES string of the molecule is C#Cc1c(/C=C\C)n(-c2ccc3c(c2)c2ccccc2n3-c2ccc3c(c2)c2ccc#cc2n3-c2ccccc2C2=C(n3c4ccccc4c4ccccc43)C=CCC2)c2ccccc12. The number of hydrogen-bond donors (Lipinski definition) is 0. The van der Waals surface area contributed by atoms with Gasteiger partial charge in [-0.3, -0.25) is 0 Å². The number of hydrogen-bond acceptors (Lipinski definition) is 0. The minimum absolute atomic E-state index is 0.905. The molecule has 0 spiro atoms. The first kappa shape index (κ1) is 36.9. The predicted molar refractivity (Wildman–Crippen MR) is 273 cm³/mol. The minimum Gasteiger partial charge on any atom is -0.309 e. The largest absolute Gasteiger partial charge is 0.309 e. The number of nitrogens with zero attached hydrogens (tertiary/aromatic N) is 4. The molecule has 4 aromatic heterocycles. The van der Waals surface area contributed by atoms with Crippen LogP contribution in [0.4, 0.5) is 0 Å². The summed E-state index contributed by atoms with van der Waals surface area (Å²) in [5.41, 5.74) is 16.9. The van der Waals surface area contributed by atoms with E-state index in [1.165, 1.54) is 49.4 Å². The fourth-order valence-electron chi connectivity index (χ4n) is 10.8. The van der Waals surface area contributed by atoms with Crippen LogP contribution in [0.25, 0.3) is 111 Å². The quantitative estimate of drug-likeness (QED) is 0.149. The maximum Gasteiger partial charge on any atom is 0.105 e. The molecular formula is C61H40N4. The zero-order valence-corrected chi connectivity index (χ0v) is 35.8. The highest BCUT2D eigenvalue weighted by atomic mass is 15.0. The number of fused-ring (bicyclic) bond motifs is 10. The van der Waals surface area contributed by atoms with E-state index >= 15 is 0 Å². The molecule has 0 saturated heterocycles. The Bertz CT molecular complexity index is 4030. The smallest absolute Gasteiger partial charge is 0.105 e. The summed E-state index contributed by atoms with van der Waals surface area (Å²) in [4.78, 5) is 0. The van der Waals surface area contributed by atoms with Crippen LogP contribution in [0.3, 0.4) is 0 Å². The maximum atomic E-state index is 6.17. The molecule has 13 rings (SSSR count). The van der Waals surface area contributed by atoms with E-state index in [1.54, 1.807) is 0 Å². The predicted octanol–water partition coefficient (Wildman–Crippen LogP) is 15.3. The molecule has 0 fully saturated rings. The Balaban J connectivity index is 1.01. The number of para-hydroxylation sites is 5. The van der Waals surface area contributed by atoms with Crippen LogP contribution in [0.15, 0.2) is 188 Å². The van der Waals surface area contributed by atoms with Crippen molar-refractivity contribution >= 4 is 93.7 Å². The van der Waals surface area contributed by atoms with E-state index in [9.17, 15) is 0 Å². The average molecular weight is 829 g/mol. The Morgan fingerprint density at radius 2 is 1.09 bits per heavy atom. The Kier molecular flexibility index (Phi) is 8.19. The van der Waals surface area contributed by atoms with E-state index in [2.05, 4.69) is 224 Å². The summed E-state index contributed by atoms with van der Waals surface area (Å²) in [5.74, 6) is 3.00. The summed E-state index contributed by atoms with van der Waals surface area (Å²) >= 11 is 0. The Morgan fingerprint density at radius 1 is 0.538 bits per heavy atom. The summed E-state index contributed by atoms with van der Waals surface area (Å²) in [6, 6.07) is 68.4. The van der Waals surface area contributed by atoms with Crippen molar-refractivity contribution in [3.63, 3.8) is 0 Å². The van der Waals surface area contributed by atoms with Crippen molar-refractivity contribution < 1.29 is 0 Å². The minimum atomic E-state index is 0.905. The molecule has 0 saturated carbocycles. The highest BCUT2D eigenvalue weighted by Gasteiger charge is 2.24. The zero-order valence-electron chi connectivity index (χ0n) is 35.8. The zero-order chi connectivity index (χ0) is 43.2. The number of terminal acetylenes is 1. The second-order valence-electron chi connectivity index (χ2n) is 16.9. The van der Waals surface area contributed by atoms with E-state index < -0.39 is 0 Å². The fraction of sp³-hybridized carbons (Fsp3) is 0.0492. The van der Waals surface area contributed by atoms with Gasteiger partial charge in [-0.2, -0.15) is 0 Å². The molecule has 0 radical (unpaired) electrons. The van der Waals surface area contributed by atoms with Crippen LogP contribution >= 0.6 is 0 Å². The third-order valence-electron chi connectivity index (χ3n) is 13.5. The first-order valence-corrected chi connectivity index (χ1v) is 22.3. The van der Waals surface area contributed by atoms with Crippen LogP contribution in [-0.2, 0) is 0 Å². The normalized spacial score (nSPS) is 13.2. The van der Waals surface area contributed by atoms with Crippen LogP contribution in [0.1, 0.15) is 36.6 Å². The van der Waals surface area contributed by atoms with Gasteiger partial charge in [-0.15, -0.1) is 6.42 Å². The summed E-state index contributed by atoms with van der Waals surface area (Å²) < 4.78 is 9.58. The number of rotatable bonds is 6. The molecule has 12 aromatic rings. The fourth-order valence-corrected chi connectivity index (χ4v) is 10.8. The molecule has 1 aliphatic rings. The van der Waals surface area contributed by atoms with Gasteiger partial charge in [0.25, 0.3) is 0 Å². The lowest BCUT2D eigenvalue weighted by molar-refractivity contribution is 1.03. The molecule has 0 N–H and O–H groups in total. The van der Waals surface area contributed by atoms with Crippen molar-refractivity contribution in [1.29, 1.82) is 0 Å². The van der Waals surface area contributed by atoms with E-state index in [0.29, 0.717) is 0 Å². The molecule has 0 amide bonds. The first-order valence-electron chi connectivity index (χ1n) is 22.3. The average Bonchev–Trinajstić information content (AvgIpc) is 4.08. The Labute approximate surface area is 376 Å². The Hall–Kier alpha value is -8.70. The van der Waals surface area contributed by atoms with Gasteiger partial charge >= 0.3 is 0 Å². The van der Waals surface area contributed by atoms with Gasteiger partial charge in [0.1, 0.15) is 5.52 Å². The molecular weight excluding hydrogens is 789 g/mol. The van der Waals surface area contributed by atoms with Crippen molar-refractivity contribution in [2.75, 3.05) is 0 Å². The van der Waals surface area contributed by atoms with E-state index in [-0.39, 0.29) is 0 Å². The van der Waals surface area contributed by atoms with E-state index in [0.717, 1.165) is 84.9 Å². The topological polar surface area (TPSA) is 19.7 Å². The summed E-state index contributed by atoms with van der Waals surface area (Å²) in [7, 11) is 0. The van der Waals surface area contributed by atoms with Gasteiger partial charge in [0.2, 0.25) is 0 Å². The van der Waals surface area contributed by atoms with Crippen LogP contribution < -0.4 is 0 Å². The number of allylic oxidation sites excluding steroid dienone is 5.